The van der Waals surface area contributed by atoms with E-state index in [1.807, 2.05) is 0 Å². The molecule has 2 amide bonds. The van der Waals surface area contributed by atoms with E-state index in [1.165, 1.54) is 12.3 Å². The predicted octanol–water partition coefficient (Wildman–Crippen LogP) is 7.50. The number of anilines is 1. The fraction of sp³-hybridized carbons (Fsp3) is 0.750. The minimum Gasteiger partial charge on any atom is -0.443 e. The van der Waals surface area contributed by atoms with Gasteiger partial charge in [-0.2, -0.15) is 9.88 Å². The van der Waals surface area contributed by atoms with Gasteiger partial charge in [0.15, 0.2) is 16.0 Å². The highest BCUT2D eigenvalue weighted by Crippen LogP contribution is 2.53. The van der Waals surface area contributed by atoms with E-state index in [0.717, 1.165) is 39.9 Å². The minimum absolute atomic E-state index is 0.0600. The van der Waals surface area contributed by atoms with Gasteiger partial charge >= 0.3 is 25.7 Å². The second-order valence-electron chi connectivity index (χ2n) is 14.2. The summed E-state index contributed by atoms with van der Waals surface area (Å²) in [6.07, 6.45) is -2.60. The topological polar surface area (TPSA) is 170 Å². The first-order valence-electron chi connectivity index (χ1n) is 16.5. The summed E-state index contributed by atoms with van der Waals surface area (Å²) in [4.78, 5) is 67.6. The average Bonchev–Trinajstić information content (AvgIpc) is 3.27. The number of imide groups is 1. The Balaban J connectivity index is 2.23. The van der Waals surface area contributed by atoms with Gasteiger partial charge in [-0.3, -0.25) is 27.7 Å². The molecular formula is C32H51FN3O11PS3. The van der Waals surface area contributed by atoms with Crippen LogP contribution in [0.4, 0.5) is 19.8 Å². The standard InChI is InChI=1S/C32H51FN3O11PS3/c1-19(2)26(37)49-16-14-43-48(42,44-15-17-50-27(38)20(3)4)45-18-22-21(5)24(33)25(51-22)35-13-12-23(34-28(35)39)36(29(40)46-31(6,7)8)30(41)47-32(9,10)11/h12-13,19-22,24-25H,14-18H2,1-11H3/t21-,22-,24+,25-/m1/s1. The zero-order valence-corrected chi connectivity index (χ0v) is 34.4. The van der Waals surface area contributed by atoms with Crippen LogP contribution in [0.25, 0.3) is 0 Å². The molecule has 1 saturated heterocycles. The van der Waals surface area contributed by atoms with Gasteiger partial charge in [0.2, 0.25) is 0 Å². The molecular weight excluding hydrogens is 749 g/mol. The summed E-state index contributed by atoms with van der Waals surface area (Å²) < 4.78 is 57.7. The van der Waals surface area contributed by atoms with E-state index in [9.17, 15) is 28.5 Å². The Hall–Kier alpha value is -1.95. The second-order valence-corrected chi connectivity index (χ2v) is 19.4. The number of thioether (sulfide) groups is 3. The van der Waals surface area contributed by atoms with Crippen molar-refractivity contribution < 1.29 is 51.2 Å². The van der Waals surface area contributed by atoms with Gasteiger partial charge in [-0.1, -0.05) is 58.1 Å². The molecule has 0 bridgehead atoms. The number of rotatable bonds is 15. The van der Waals surface area contributed by atoms with Gasteiger partial charge in [-0.25, -0.2) is 23.3 Å². The van der Waals surface area contributed by atoms with Crippen molar-refractivity contribution in [1.29, 1.82) is 0 Å². The molecule has 0 aromatic carbocycles. The van der Waals surface area contributed by atoms with E-state index in [1.54, 1.807) is 76.2 Å². The third-order valence-electron chi connectivity index (χ3n) is 6.64. The fourth-order valence-electron chi connectivity index (χ4n) is 4.04. The van der Waals surface area contributed by atoms with Crippen molar-refractivity contribution in [3.05, 3.63) is 22.7 Å². The van der Waals surface area contributed by atoms with Crippen LogP contribution in [-0.4, -0.2) is 85.9 Å². The Morgan fingerprint density at radius 1 is 0.922 bits per heavy atom. The summed E-state index contributed by atoms with van der Waals surface area (Å²) >= 11 is 3.09. The molecule has 1 fully saturated rings. The molecule has 290 valence electrons. The van der Waals surface area contributed by atoms with Gasteiger partial charge in [0.1, 0.15) is 22.7 Å². The number of phosphoric ester groups is 1. The van der Waals surface area contributed by atoms with E-state index in [-0.39, 0.29) is 59.2 Å². The van der Waals surface area contributed by atoms with Crippen LogP contribution in [0.3, 0.4) is 0 Å². The van der Waals surface area contributed by atoms with Crippen LogP contribution in [-0.2, 0) is 37.2 Å². The molecule has 0 radical (unpaired) electrons. The van der Waals surface area contributed by atoms with Crippen molar-refractivity contribution in [2.75, 3.05) is 36.2 Å². The first-order valence-corrected chi connectivity index (χ1v) is 20.8. The van der Waals surface area contributed by atoms with Gasteiger partial charge in [0.05, 0.1) is 19.8 Å². The van der Waals surface area contributed by atoms with Crippen LogP contribution in [0.2, 0.25) is 0 Å². The quantitative estimate of drug-likeness (QED) is 0.126. The third kappa shape index (κ3) is 14.8. The molecule has 19 heteroatoms. The number of hydrogen-bond acceptors (Lipinski definition) is 15. The molecule has 1 aliphatic heterocycles. The molecule has 0 N–H and O–H groups in total. The Labute approximate surface area is 312 Å². The van der Waals surface area contributed by atoms with Crippen LogP contribution in [0.5, 0.6) is 0 Å². The molecule has 0 spiro atoms. The summed E-state index contributed by atoms with van der Waals surface area (Å²) in [5, 5.41) is -1.83. The number of carbonyl (C=O) groups excluding carboxylic acids is 4. The fourth-order valence-corrected chi connectivity index (χ4v) is 8.58. The lowest BCUT2D eigenvalue weighted by atomic mass is 10.0. The smallest absolute Gasteiger partial charge is 0.443 e. The monoisotopic (exact) mass is 799 g/mol. The maximum atomic E-state index is 15.8. The van der Waals surface area contributed by atoms with E-state index in [4.69, 9.17) is 23.0 Å². The Morgan fingerprint density at radius 3 is 1.80 bits per heavy atom. The highest BCUT2D eigenvalue weighted by atomic mass is 32.2. The molecule has 2 heterocycles. The molecule has 0 saturated carbocycles. The number of nitrogens with zero attached hydrogens (tertiary/aromatic N) is 3. The predicted molar refractivity (Wildman–Crippen MR) is 198 cm³/mol. The highest BCUT2D eigenvalue weighted by Gasteiger charge is 2.45. The largest absolute Gasteiger partial charge is 0.474 e. The van der Waals surface area contributed by atoms with Gasteiger partial charge in [-0.15, -0.1) is 11.8 Å². The molecule has 51 heavy (non-hydrogen) atoms. The lowest BCUT2D eigenvalue weighted by molar-refractivity contribution is -0.114. The number of aromatic nitrogens is 2. The SMILES string of the molecule is CC(C)C(=O)SCCOP(=O)(OCCSC(=O)C(C)C)OC[C@H]1S[C@@H](n2ccc(N(C(=O)OC(C)(C)C)C(=O)OC(C)(C)C)nc2=O)[C@@H](F)[C@@H]1C. The molecule has 1 aliphatic rings. The number of carbonyl (C=O) groups is 4. The number of ether oxygens (including phenoxy) is 2. The third-order valence-corrected chi connectivity index (χ3v) is 12.0. The van der Waals surface area contributed by atoms with Crippen LogP contribution >= 0.6 is 43.1 Å². The van der Waals surface area contributed by atoms with Gasteiger partial charge in [0, 0.05) is 40.7 Å². The van der Waals surface area contributed by atoms with Crippen molar-refractivity contribution in [2.24, 2.45) is 17.8 Å². The van der Waals surface area contributed by atoms with Crippen LogP contribution < -0.4 is 10.6 Å². The zero-order valence-electron chi connectivity index (χ0n) is 31.0. The minimum atomic E-state index is -4.21. The molecule has 14 nitrogen and oxygen atoms in total. The Kier molecular flexibility index (Phi) is 17.2. The number of hydrogen-bond donors (Lipinski definition) is 0. The molecule has 0 aliphatic carbocycles. The molecule has 1 aromatic heterocycles. The van der Waals surface area contributed by atoms with Crippen molar-refractivity contribution >= 4 is 71.3 Å². The zero-order chi connectivity index (χ0) is 38.9. The molecule has 4 atom stereocenters. The lowest BCUT2D eigenvalue weighted by Crippen LogP contribution is -2.45. The van der Waals surface area contributed by atoms with Crippen molar-refractivity contribution in [3.8, 4) is 0 Å². The van der Waals surface area contributed by atoms with E-state index in [0.29, 0.717) is 4.90 Å². The molecule has 1 aromatic rings. The van der Waals surface area contributed by atoms with Crippen molar-refractivity contribution in [1.82, 2.24) is 9.55 Å². The van der Waals surface area contributed by atoms with E-state index < -0.39 is 59.6 Å². The summed E-state index contributed by atoms with van der Waals surface area (Å²) in [6.45, 7) is 17.7. The van der Waals surface area contributed by atoms with Crippen molar-refractivity contribution in [3.63, 3.8) is 0 Å². The summed E-state index contributed by atoms with van der Waals surface area (Å²) in [5.74, 6) is -1.06. The normalized spacial score (nSPS) is 19.7. The maximum Gasteiger partial charge on any atom is 0.474 e. The maximum absolute atomic E-state index is 15.8. The first kappa shape index (κ1) is 45.2. The number of phosphoric acid groups is 1. The lowest BCUT2D eigenvalue weighted by Gasteiger charge is -2.28. The van der Waals surface area contributed by atoms with E-state index >= 15 is 4.39 Å². The number of alkyl halides is 1. The summed E-state index contributed by atoms with van der Waals surface area (Å²) in [7, 11) is -4.21. The van der Waals surface area contributed by atoms with Gasteiger partial charge in [0.25, 0.3) is 0 Å². The summed E-state index contributed by atoms with van der Waals surface area (Å²) in [5.41, 5.74) is -2.92. The summed E-state index contributed by atoms with van der Waals surface area (Å²) in [6, 6.07) is 1.21. The molecule has 0 unspecified atom stereocenters. The average molecular weight is 800 g/mol. The highest BCUT2D eigenvalue weighted by molar-refractivity contribution is 8.13. The molecule has 2 rings (SSSR count). The first-order chi connectivity index (χ1) is 23.4. The van der Waals surface area contributed by atoms with Crippen LogP contribution in [0.1, 0.15) is 81.5 Å². The van der Waals surface area contributed by atoms with Gasteiger partial charge < -0.3 is 9.47 Å². The Morgan fingerprint density at radius 2 is 1.39 bits per heavy atom. The second kappa shape index (κ2) is 19.4. The van der Waals surface area contributed by atoms with Crippen LogP contribution in [0, 0.1) is 17.8 Å². The Bertz CT molecular complexity index is 1420. The number of halogens is 1. The van der Waals surface area contributed by atoms with E-state index in [2.05, 4.69) is 4.98 Å². The van der Waals surface area contributed by atoms with Gasteiger partial charge in [-0.05, 0) is 47.6 Å². The number of amides is 2. The van der Waals surface area contributed by atoms with Crippen LogP contribution in [0.15, 0.2) is 17.1 Å². The van der Waals surface area contributed by atoms with Crippen molar-refractivity contribution in [2.45, 2.75) is 104 Å².